The monoisotopic (exact) mass is 239 g/mol. The molecule has 90 valence electrons. The second-order valence-electron chi connectivity index (χ2n) is 4.90. The average Bonchev–Trinajstić information content (AvgIpc) is 2.14. The molecule has 0 saturated heterocycles. The van der Waals surface area contributed by atoms with Gasteiger partial charge in [0.05, 0.1) is 5.38 Å². The van der Waals surface area contributed by atoms with Crippen molar-refractivity contribution in [2.24, 2.45) is 0 Å². The molecule has 16 heavy (non-hydrogen) atoms. The quantitative estimate of drug-likeness (QED) is 0.726. The summed E-state index contributed by atoms with van der Waals surface area (Å²) in [5, 5.41) is 0.0774. The van der Waals surface area contributed by atoms with Gasteiger partial charge < -0.3 is 4.90 Å². The number of hydrogen-bond acceptors (Lipinski definition) is 1. The van der Waals surface area contributed by atoms with Crippen LogP contribution in [0.1, 0.15) is 33.2 Å². The summed E-state index contributed by atoms with van der Waals surface area (Å²) in [5.41, 5.74) is 6.66. The second-order valence-corrected chi connectivity index (χ2v) is 5.43. The summed E-state index contributed by atoms with van der Waals surface area (Å²) in [6, 6.07) is 2.24. The molecular weight excluding hydrogens is 218 g/mol. The first-order chi connectivity index (χ1) is 7.34. The highest BCUT2D eigenvalue weighted by molar-refractivity contribution is 6.21. The summed E-state index contributed by atoms with van der Waals surface area (Å²) >= 11 is 6.51. The first-order valence-corrected chi connectivity index (χ1v) is 6.14. The van der Waals surface area contributed by atoms with Crippen LogP contribution in [0.2, 0.25) is 0 Å². The molecule has 1 aromatic carbocycles. The molecule has 0 aromatic heterocycles. The van der Waals surface area contributed by atoms with Crippen molar-refractivity contribution in [1.29, 1.82) is 0 Å². The molecule has 0 amide bonds. The van der Waals surface area contributed by atoms with E-state index in [0.29, 0.717) is 0 Å². The van der Waals surface area contributed by atoms with E-state index in [9.17, 15) is 0 Å². The van der Waals surface area contributed by atoms with Gasteiger partial charge in [-0.1, -0.05) is 6.07 Å². The van der Waals surface area contributed by atoms with Crippen LogP contribution in [0.25, 0.3) is 0 Å². The molecule has 1 unspecified atom stereocenters. The number of benzene rings is 1. The molecule has 0 aliphatic carbocycles. The first-order valence-electron chi connectivity index (χ1n) is 5.70. The molecule has 0 aliphatic heterocycles. The Morgan fingerprint density at radius 3 is 1.88 bits per heavy atom. The van der Waals surface area contributed by atoms with E-state index in [-0.39, 0.29) is 5.38 Å². The molecule has 0 radical (unpaired) electrons. The van der Waals surface area contributed by atoms with Crippen molar-refractivity contribution in [3.63, 3.8) is 0 Å². The number of hydrogen-bond donors (Lipinski definition) is 0. The van der Waals surface area contributed by atoms with E-state index in [1.54, 1.807) is 0 Å². The van der Waals surface area contributed by atoms with Crippen molar-refractivity contribution in [2.75, 3.05) is 20.6 Å². The number of likely N-dealkylation sites (N-methyl/N-ethyl adjacent to an activating group) is 1. The number of halogens is 1. The molecule has 0 heterocycles. The van der Waals surface area contributed by atoms with Gasteiger partial charge in [-0.25, -0.2) is 0 Å². The van der Waals surface area contributed by atoms with Crippen LogP contribution in [0.4, 0.5) is 0 Å². The lowest BCUT2D eigenvalue weighted by atomic mass is 9.92. The Kier molecular flexibility index (Phi) is 4.40. The van der Waals surface area contributed by atoms with Crippen LogP contribution in [0.5, 0.6) is 0 Å². The Labute approximate surface area is 104 Å². The Balaban J connectivity index is 3.21. The van der Waals surface area contributed by atoms with Gasteiger partial charge in [-0.05, 0) is 69.6 Å². The van der Waals surface area contributed by atoms with Gasteiger partial charge in [0, 0.05) is 6.54 Å². The number of rotatable bonds is 3. The molecule has 0 saturated carbocycles. The predicted octanol–water partition coefficient (Wildman–Crippen LogP) is 3.76. The Morgan fingerprint density at radius 2 is 1.50 bits per heavy atom. The Bertz CT molecular complexity index is 357. The molecule has 1 nitrogen and oxygen atoms in total. The van der Waals surface area contributed by atoms with Gasteiger partial charge >= 0.3 is 0 Å². The molecule has 0 bridgehead atoms. The van der Waals surface area contributed by atoms with Crippen molar-refractivity contribution >= 4 is 11.6 Å². The van der Waals surface area contributed by atoms with E-state index in [0.717, 1.165) is 6.54 Å². The highest BCUT2D eigenvalue weighted by Crippen LogP contribution is 2.31. The smallest absolute Gasteiger partial charge is 0.0717 e. The minimum absolute atomic E-state index is 0.0774. The van der Waals surface area contributed by atoms with Gasteiger partial charge in [0.2, 0.25) is 0 Å². The third-order valence-corrected chi connectivity index (χ3v) is 3.62. The van der Waals surface area contributed by atoms with Crippen LogP contribution >= 0.6 is 11.6 Å². The topological polar surface area (TPSA) is 3.24 Å². The highest BCUT2D eigenvalue weighted by Gasteiger charge is 2.16. The lowest BCUT2D eigenvalue weighted by molar-refractivity contribution is 0.407. The second kappa shape index (κ2) is 5.20. The van der Waals surface area contributed by atoms with E-state index >= 15 is 0 Å². The summed E-state index contributed by atoms with van der Waals surface area (Å²) in [6.45, 7) is 9.53. The summed E-state index contributed by atoms with van der Waals surface area (Å²) in [6.07, 6.45) is 0. The zero-order valence-electron chi connectivity index (χ0n) is 11.2. The van der Waals surface area contributed by atoms with Crippen LogP contribution in [-0.2, 0) is 0 Å². The summed E-state index contributed by atoms with van der Waals surface area (Å²) in [4.78, 5) is 2.13. The van der Waals surface area contributed by atoms with Crippen molar-refractivity contribution in [1.82, 2.24) is 4.90 Å². The number of alkyl halides is 1. The summed E-state index contributed by atoms with van der Waals surface area (Å²) < 4.78 is 0. The molecule has 0 N–H and O–H groups in total. The van der Waals surface area contributed by atoms with Crippen molar-refractivity contribution in [3.8, 4) is 0 Å². The summed E-state index contributed by atoms with van der Waals surface area (Å²) in [5.74, 6) is 0. The van der Waals surface area contributed by atoms with Gasteiger partial charge in [-0.3, -0.25) is 0 Å². The zero-order valence-corrected chi connectivity index (χ0v) is 11.9. The van der Waals surface area contributed by atoms with Crippen LogP contribution in [0.3, 0.4) is 0 Å². The Morgan fingerprint density at radius 1 is 1.06 bits per heavy atom. The van der Waals surface area contributed by atoms with Gasteiger partial charge in [0.15, 0.2) is 0 Å². The maximum Gasteiger partial charge on any atom is 0.0717 e. The SMILES string of the molecule is Cc1cc(C)c(C)c(C(Cl)CN(C)C)c1C. The van der Waals surface area contributed by atoms with Crippen molar-refractivity contribution in [2.45, 2.75) is 33.1 Å². The molecule has 2 heteroatoms. The Hall–Kier alpha value is -0.530. The lowest BCUT2D eigenvalue weighted by Gasteiger charge is -2.22. The van der Waals surface area contributed by atoms with Gasteiger partial charge in [-0.15, -0.1) is 11.6 Å². The first kappa shape index (κ1) is 13.5. The minimum Gasteiger partial charge on any atom is -0.308 e. The van der Waals surface area contributed by atoms with E-state index in [1.165, 1.54) is 27.8 Å². The predicted molar refractivity (Wildman–Crippen MR) is 72.5 cm³/mol. The maximum absolute atomic E-state index is 6.51. The highest BCUT2D eigenvalue weighted by atomic mass is 35.5. The van der Waals surface area contributed by atoms with E-state index in [2.05, 4.69) is 52.8 Å². The van der Waals surface area contributed by atoms with Crippen molar-refractivity contribution in [3.05, 3.63) is 33.9 Å². The van der Waals surface area contributed by atoms with Crippen LogP contribution in [0, 0.1) is 27.7 Å². The van der Waals surface area contributed by atoms with Crippen LogP contribution < -0.4 is 0 Å². The van der Waals surface area contributed by atoms with E-state index < -0.39 is 0 Å². The molecule has 1 atom stereocenters. The fourth-order valence-corrected chi connectivity index (χ4v) is 2.73. The zero-order chi connectivity index (χ0) is 12.5. The fourth-order valence-electron chi connectivity index (χ4n) is 2.13. The third-order valence-electron chi connectivity index (χ3n) is 3.26. The van der Waals surface area contributed by atoms with Crippen LogP contribution in [-0.4, -0.2) is 25.5 Å². The third kappa shape index (κ3) is 2.78. The molecule has 0 spiro atoms. The van der Waals surface area contributed by atoms with E-state index in [4.69, 9.17) is 11.6 Å². The molecule has 0 fully saturated rings. The minimum atomic E-state index is 0.0774. The van der Waals surface area contributed by atoms with Gasteiger partial charge in [0.1, 0.15) is 0 Å². The summed E-state index contributed by atoms with van der Waals surface area (Å²) in [7, 11) is 4.12. The fraction of sp³-hybridized carbons (Fsp3) is 0.571. The normalized spacial score (nSPS) is 13.2. The average molecular weight is 240 g/mol. The number of nitrogens with zero attached hydrogens (tertiary/aromatic N) is 1. The standard InChI is InChI=1S/C14H22ClN/c1-9-7-10(2)12(4)14(11(9)3)13(15)8-16(5)6/h7,13H,8H2,1-6H3. The molecule has 1 rings (SSSR count). The van der Waals surface area contributed by atoms with E-state index in [1.807, 2.05) is 0 Å². The van der Waals surface area contributed by atoms with Crippen LogP contribution in [0.15, 0.2) is 6.07 Å². The van der Waals surface area contributed by atoms with Crippen molar-refractivity contribution < 1.29 is 0 Å². The molecular formula is C14H22ClN. The van der Waals surface area contributed by atoms with Gasteiger partial charge in [0.25, 0.3) is 0 Å². The van der Waals surface area contributed by atoms with Gasteiger partial charge in [-0.2, -0.15) is 0 Å². The molecule has 0 aliphatic rings. The molecule has 1 aromatic rings. The number of aryl methyl sites for hydroxylation is 2. The largest absolute Gasteiger partial charge is 0.308 e. The lowest BCUT2D eigenvalue weighted by Crippen LogP contribution is -2.19. The maximum atomic E-state index is 6.51.